The summed E-state index contributed by atoms with van der Waals surface area (Å²) in [5.74, 6) is 0.681. The van der Waals surface area contributed by atoms with Gasteiger partial charge in [-0.3, -0.25) is 0 Å². The Balaban J connectivity index is 3.64. The van der Waals surface area contributed by atoms with Crippen LogP contribution in [0.2, 0.25) is 0 Å². The van der Waals surface area contributed by atoms with Crippen LogP contribution >= 0.6 is 11.8 Å². The van der Waals surface area contributed by atoms with Crippen molar-refractivity contribution in [2.45, 2.75) is 18.6 Å². The molecule has 0 bridgehead atoms. The van der Waals surface area contributed by atoms with Gasteiger partial charge in [0, 0.05) is 12.0 Å². The zero-order valence-corrected chi connectivity index (χ0v) is 8.91. The number of thioether (sulfide) groups is 1. The van der Waals surface area contributed by atoms with Crippen LogP contribution < -0.4 is 0 Å². The predicted molar refractivity (Wildman–Crippen MR) is 51.9 cm³/mol. The molecule has 0 N–H and O–H groups in total. The highest BCUT2D eigenvalue weighted by Crippen LogP contribution is 2.13. The maximum atomic E-state index is 10.7. The number of sulfone groups is 1. The van der Waals surface area contributed by atoms with Gasteiger partial charge in [-0.1, -0.05) is 6.92 Å². The van der Waals surface area contributed by atoms with Crippen molar-refractivity contribution in [2.24, 2.45) is 0 Å². The first kappa shape index (κ1) is 11.8. The van der Waals surface area contributed by atoms with Crippen LogP contribution in [0.4, 0.5) is 0 Å². The van der Waals surface area contributed by atoms with Gasteiger partial charge in [-0.15, -0.1) is 11.8 Å². The summed E-state index contributed by atoms with van der Waals surface area (Å²) in [7, 11) is -2.87. The highest BCUT2D eigenvalue weighted by molar-refractivity contribution is 8.01. The molecule has 3 nitrogen and oxygen atoms in total. The molecule has 0 spiro atoms. The van der Waals surface area contributed by atoms with Crippen LogP contribution in [-0.2, 0) is 9.84 Å². The summed E-state index contributed by atoms with van der Waals surface area (Å²) in [5, 5.41) is 8.47. The van der Waals surface area contributed by atoms with Crippen molar-refractivity contribution in [3.05, 3.63) is 0 Å². The monoisotopic (exact) mass is 207 g/mol. The summed E-state index contributed by atoms with van der Waals surface area (Å²) in [4.78, 5) is 0. The Kier molecular flexibility index (Phi) is 5.34. The Morgan fingerprint density at radius 1 is 1.58 bits per heavy atom. The van der Waals surface area contributed by atoms with E-state index in [2.05, 4.69) is 6.07 Å². The fraction of sp³-hybridized carbons (Fsp3) is 0.857. The molecule has 5 heteroatoms. The van der Waals surface area contributed by atoms with E-state index in [1.54, 1.807) is 0 Å². The van der Waals surface area contributed by atoms with Crippen LogP contribution in [0.5, 0.6) is 0 Å². The van der Waals surface area contributed by atoms with Gasteiger partial charge in [0.15, 0.2) is 0 Å². The van der Waals surface area contributed by atoms with Gasteiger partial charge in [0.1, 0.15) is 9.84 Å². The Morgan fingerprint density at radius 2 is 2.17 bits per heavy atom. The zero-order chi connectivity index (χ0) is 9.61. The summed E-state index contributed by atoms with van der Waals surface area (Å²) in [6.45, 7) is 1.92. The van der Waals surface area contributed by atoms with Gasteiger partial charge in [-0.05, 0) is 6.42 Å². The lowest BCUT2D eigenvalue weighted by atomic mass is 10.4. The molecule has 0 aliphatic heterocycles. The van der Waals surface area contributed by atoms with Crippen LogP contribution in [0.1, 0.15) is 13.3 Å². The molecule has 0 fully saturated rings. The van der Waals surface area contributed by atoms with Crippen molar-refractivity contribution in [2.75, 3.05) is 17.8 Å². The predicted octanol–water partition coefficient (Wildman–Crippen LogP) is 1.07. The zero-order valence-electron chi connectivity index (χ0n) is 7.28. The van der Waals surface area contributed by atoms with E-state index in [0.717, 1.165) is 6.42 Å². The smallest absolute Gasteiger partial charge is 0.148 e. The third-order valence-electron chi connectivity index (χ3n) is 1.29. The van der Waals surface area contributed by atoms with Gasteiger partial charge < -0.3 is 0 Å². The average Bonchev–Trinajstić information content (AvgIpc) is 1.96. The van der Waals surface area contributed by atoms with E-state index in [9.17, 15) is 8.42 Å². The molecule has 1 unspecified atom stereocenters. The van der Waals surface area contributed by atoms with E-state index < -0.39 is 9.84 Å². The van der Waals surface area contributed by atoms with E-state index in [0.29, 0.717) is 5.75 Å². The second-order valence-electron chi connectivity index (χ2n) is 2.53. The fourth-order valence-electron chi connectivity index (χ4n) is 0.588. The quantitative estimate of drug-likeness (QED) is 0.676. The van der Waals surface area contributed by atoms with Crippen molar-refractivity contribution in [1.82, 2.24) is 0 Å². The van der Waals surface area contributed by atoms with Crippen LogP contribution in [0.15, 0.2) is 0 Å². The summed E-state index contributed by atoms with van der Waals surface area (Å²) >= 11 is 1.41. The molecule has 0 aromatic carbocycles. The molecule has 0 saturated carbocycles. The topological polar surface area (TPSA) is 57.9 Å². The Labute approximate surface area is 78.1 Å². The maximum Gasteiger partial charge on any atom is 0.148 e. The van der Waals surface area contributed by atoms with E-state index in [-0.39, 0.29) is 11.0 Å². The minimum Gasteiger partial charge on any atom is -0.229 e. The SMILES string of the molecule is CCC(C#N)SCCS(C)(=O)=O. The van der Waals surface area contributed by atoms with Crippen LogP contribution in [0.3, 0.4) is 0 Å². The Hall–Kier alpha value is -0.210. The van der Waals surface area contributed by atoms with Crippen molar-refractivity contribution in [1.29, 1.82) is 5.26 Å². The second-order valence-corrected chi connectivity index (χ2v) is 6.10. The lowest BCUT2D eigenvalue weighted by Crippen LogP contribution is -2.08. The van der Waals surface area contributed by atoms with Gasteiger partial charge in [-0.25, -0.2) is 8.42 Å². The summed E-state index contributed by atoms with van der Waals surface area (Å²) < 4.78 is 21.4. The van der Waals surface area contributed by atoms with Gasteiger partial charge in [0.05, 0.1) is 17.1 Å². The van der Waals surface area contributed by atoms with Gasteiger partial charge in [0.2, 0.25) is 0 Å². The first-order valence-electron chi connectivity index (χ1n) is 3.68. The summed E-state index contributed by atoms with van der Waals surface area (Å²) in [6.07, 6.45) is 1.98. The van der Waals surface area contributed by atoms with E-state index in [1.807, 2.05) is 6.92 Å². The number of nitrogens with zero attached hydrogens (tertiary/aromatic N) is 1. The molecule has 12 heavy (non-hydrogen) atoms. The minimum absolute atomic E-state index is 0.0632. The van der Waals surface area contributed by atoms with Crippen molar-refractivity contribution in [3.8, 4) is 6.07 Å². The first-order chi connectivity index (χ1) is 5.49. The molecule has 0 saturated heterocycles. The fourth-order valence-corrected chi connectivity index (χ4v) is 2.78. The number of hydrogen-bond acceptors (Lipinski definition) is 4. The molecular formula is C7H13NO2S2. The first-order valence-corrected chi connectivity index (χ1v) is 6.79. The molecule has 1 atom stereocenters. The highest BCUT2D eigenvalue weighted by atomic mass is 32.2. The average molecular weight is 207 g/mol. The minimum atomic E-state index is -2.87. The van der Waals surface area contributed by atoms with Crippen LogP contribution in [0, 0.1) is 11.3 Å². The lowest BCUT2D eigenvalue weighted by Gasteiger charge is -2.03. The third-order valence-corrected chi connectivity index (χ3v) is 3.77. The second kappa shape index (κ2) is 5.44. The Bertz CT molecular complexity index is 253. The molecule has 0 radical (unpaired) electrons. The maximum absolute atomic E-state index is 10.7. The number of rotatable bonds is 5. The third kappa shape index (κ3) is 6.50. The highest BCUT2D eigenvalue weighted by Gasteiger charge is 2.07. The van der Waals surface area contributed by atoms with Gasteiger partial charge >= 0.3 is 0 Å². The van der Waals surface area contributed by atoms with E-state index in [4.69, 9.17) is 5.26 Å². The summed E-state index contributed by atoms with van der Waals surface area (Å²) in [6, 6.07) is 2.11. The molecular weight excluding hydrogens is 194 g/mol. The largest absolute Gasteiger partial charge is 0.229 e. The lowest BCUT2D eigenvalue weighted by molar-refractivity contribution is 0.603. The molecule has 70 valence electrons. The standard InChI is InChI=1S/C7H13NO2S2/c1-3-7(6-8)11-4-5-12(2,9)10/h7H,3-5H2,1-2H3. The number of nitriles is 1. The number of hydrogen-bond donors (Lipinski definition) is 0. The van der Waals surface area contributed by atoms with Crippen molar-refractivity contribution < 1.29 is 8.42 Å². The molecule has 0 rings (SSSR count). The normalized spacial score (nSPS) is 13.8. The molecule has 0 aromatic heterocycles. The van der Waals surface area contributed by atoms with Gasteiger partial charge in [0.25, 0.3) is 0 Å². The molecule has 0 heterocycles. The van der Waals surface area contributed by atoms with Gasteiger partial charge in [-0.2, -0.15) is 5.26 Å². The van der Waals surface area contributed by atoms with Crippen molar-refractivity contribution in [3.63, 3.8) is 0 Å². The van der Waals surface area contributed by atoms with E-state index in [1.165, 1.54) is 18.0 Å². The van der Waals surface area contributed by atoms with Crippen molar-refractivity contribution >= 4 is 21.6 Å². The van der Waals surface area contributed by atoms with Crippen LogP contribution in [-0.4, -0.2) is 31.4 Å². The molecule has 0 aliphatic carbocycles. The molecule has 0 aromatic rings. The van der Waals surface area contributed by atoms with E-state index >= 15 is 0 Å². The summed E-state index contributed by atoms with van der Waals surface area (Å²) in [5.41, 5.74) is 0. The molecule has 0 aliphatic rings. The Morgan fingerprint density at radius 3 is 2.50 bits per heavy atom. The molecule has 0 amide bonds. The van der Waals surface area contributed by atoms with Crippen LogP contribution in [0.25, 0.3) is 0 Å².